The summed E-state index contributed by atoms with van der Waals surface area (Å²) < 4.78 is 26.6. The Morgan fingerprint density at radius 3 is 1.75 bits per heavy atom. The smallest absolute Gasteiger partial charge is 0.416 e. The monoisotopic (exact) mass is 396 g/mol. The number of para-hydroxylation sites is 2. The van der Waals surface area contributed by atoms with Crippen molar-refractivity contribution in [1.29, 1.82) is 0 Å². The highest BCUT2D eigenvalue weighted by Gasteiger charge is 2.40. The van der Waals surface area contributed by atoms with E-state index in [9.17, 15) is 4.57 Å². The third-order valence-corrected chi connectivity index (χ3v) is 7.46. The quantitative estimate of drug-likeness (QED) is 0.334. The Morgan fingerprint density at radius 1 is 0.821 bits per heavy atom. The first-order chi connectivity index (χ1) is 13.7. The highest BCUT2D eigenvalue weighted by atomic mass is 31.2. The minimum Gasteiger partial charge on any atom is -0.416 e. The van der Waals surface area contributed by atoms with E-state index < -0.39 is 7.60 Å². The lowest BCUT2D eigenvalue weighted by molar-refractivity contribution is 0.347. The van der Waals surface area contributed by atoms with E-state index in [4.69, 9.17) is 9.05 Å². The summed E-state index contributed by atoms with van der Waals surface area (Å²) in [7, 11) is -3.41. The van der Waals surface area contributed by atoms with E-state index in [0.717, 1.165) is 36.8 Å². The van der Waals surface area contributed by atoms with Crippen molar-refractivity contribution in [1.82, 2.24) is 0 Å². The van der Waals surface area contributed by atoms with Crippen molar-refractivity contribution in [3.05, 3.63) is 85.0 Å². The van der Waals surface area contributed by atoms with Crippen molar-refractivity contribution in [2.45, 2.75) is 50.6 Å². The van der Waals surface area contributed by atoms with Crippen LogP contribution in [0.25, 0.3) is 0 Å². The molecule has 0 N–H and O–H groups in total. The Bertz CT molecular complexity index is 793. The predicted molar refractivity (Wildman–Crippen MR) is 116 cm³/mol. The summed E-state index contributed by atoms with van der Waals surface area (Å²) in [6, 6.07) is 15.4. The third kappa shape index (κ3) is 4.97. The van der Waals surface area contributed by atoms with Crippen LogP contribution in [0.1, 0.15) is 43.2 Å². The molecule has 0 aliphatic heterocycles. The Hall–Kier alpha value is -2.25. The Labute approximate surface area is 168 Å². The fraction of sp³-hybridized carbons (Fsp3) is 0.333. The van der Waals surface area contributed by atoms with Crippen molar-refractivity contribution in [3.63, 3.8) is 0 Å². The summed E-state index contributed by atoms with van der Waals surface area (Å²) in [5, 5.41) is 0. The van der Waals surface area contributed by atoms with E-state index in [1.54, 1.807) is 0 Å². The van der Waals surface area contributed by atoms with Gasteiger partial charge in [0.25, 0.3) is 0 Å². The van der Waals surface area contributed by atoms with Gasteiger partial charge in [0.1, 0.15) is 11.5 Å². The zero-order chi connectivity index (χ0) is 19.8. The van der Waals surface area contributed by atoms with E-state index in [1.807, 2.05) is 60.7 Å². The fourth-order valence-electron chi connectivity index (χ4n) is 3.67. The van der Waals surface area contributed by atoms with Crippen molar-refractivity contribution in [2.75, 3.05) is 0 Å². The van der Waals surface area contributed by atoms with E-state index in [-0.39, 0.29) is 5.66 Å². The molecule has 3 rings (SSSR count). The summed E-state index contributed by atoms with van der Waals surface area (Å²) in [6.07, 6.45) is 10.0. The van der Waals surface area contributed by atoms with Gasteiger partial charge in [0.05, 0.1) is 5.66 Å². The molecule has 3 nitrogen and oxygen atoms in total. The van der Waals surface area contributed by atoms with E-state index >= 15 is 0 Å². The zero-order valence-electron chi connectivity index (χ0n) is 16.4. The van der Waals surface area contributed by atoms with Crippen molar-refractivity contribution in [2.24, 2.45) is 0 Å². The second-order valence-corrected chi connectivity index (χ2v) is 9.39. The van der Waals surface area contributed by atoms with Gasteiger partial charge in [-0.25, -0.2) is 4.57 Å². The predicted octanol–water partition coefficient (Wildman–Crippen LogP) is 7.13. The molecule has 0 atom stereocenters. The molecule has 2 aromatic rings. The number of hydrogen-bond donors (Lipinski definition) is 0. The van der Waals surface area contributed by atoms with Crippen LogP contribution < -0.4 is 9.05 Å². The van der Waals surface area contributed by atoms with Gasteiger partial charge in [0, 0.05) is 0 Å². The molecule has 148 valence electrons. The average molecular weight is 396 g/mol. The molecule has 28 heavy (non-hydrogen) atoms. The normalized spacial score (nSPS) is 15.0. The maximum Gasteiger partial charge on any atom is 0.433 e. The second-order valence-electron chi connectivity index (χ2n) is 7.22. The van der Waals surface area contributed by atoms with Crippen LogP contribution in [0.4, 0.5) is 0 Å². The van der Waals surface area contributed by atoms with Gasteiger partial charge in [-0.15, -0.1) is 13.2 Å². The molecule has 1 aliphatic carbocycles. The van der Waals surface area contributed by atoms with Crippen LogP contribution >= 0.6 is 7.60 Å². The van der Waals surface area contributed by atoms with Crippen molar-refractivity contribution in [3.8, 4) is 11.5 Å². The van der Waals surface area contributed by atoms with Crippen LogP contribution in [-0.4, -0.2) is 5.66 Å². The maximum atomic E-state index is 14.1. The Kier molecular flexibility index (Phi) is 7.17. The molecule has 1 fully saturated rings. The summed E-state index contributed by atoms with van der Waals surface area (Å²) in [5.41, 5.74) is 1.85. The summed E-state index contributed by atoms with van der Waals surface area (Å²) >= 11 is 0. The molecular weight excluding hydrogens is 367 g/mol. The molecule has 0 radical (unpaired) electrons. The van der Waals surface area contributed by atoms with Gasteiger partial charge < -0.3 is 9.05 Å². The van der Waals surface area contributed by atoms with E-state index in [2.05, 4.69) is 13.2 Å². The SMILES string of the molecule is C=CCc1ccccc1OP(=O)(Oc1ccccc1CC=C)C1CCCCC1. The lowest BCUT2D eigenvalue weighted by atomic mass is 10.0. The van der Waals surface area contributed by atoms with Gasteiger partial charge in [-0.3, -0.25) is 0 Å². The highest BCUT2D eigenvalue weighted by molar-refractivity contribution is 7.55. The standard InChI is InChI=1S/C24H29O3P/c1-3-12-20-14-8-10-18-23(20)26-28(25,22-16-6-5-7-17-22)27-24-19-11-9-15-21(24)13-4-2/h3-4,8-11,14-15,18-19,22H,1-2,5-7,12-13,16-17H2. The summed E-state index contributed by atoms with van der Waals surface area (Å²) in [4.78, 5) is 0. The Balaban J connectivity index is 1.96. The van der Waals surface area contributed by atoms with Gasteiger partial charge >= 0.3 is 7.60 Å². The number of benzene rings is 2. The van der Waals surface area contributed by atoms with Gasteiger partial charge in [-0.1, -0.05) is 67.8 Å². The number of rotatable bonds is 9. The van der Waals surface area contributed by atoms with Crippen LogP contribution in [0.5, 0.6) is 11.5 Å². The molecule has 0 heterocycles. The largest absolute Gasteiger partial charge is 0.433 e. The van der Waals surface area contributed by atoms with Gasteiger partial charge in [0.15, 0.2) is 0 Å². The van der Waals surface area contributed by atoms with Crippen molar-refractivity contribution < 1.29 is 13.6 Å². The van der Waals surface area contributed by atoms with Crippen molar-refractivity contribution >= 4 is 7.60 Å². The molecule has 0 saturated heterocycles. The molecule has 0 amide bonds. The lowest BCUT2D eigenvalue weighted by Crippen LogP contribution is -2.20. The molecule has 0 spiro atoms. The van der Waals surface area contributed by atoms with Crippen LogP contribution in [0.3, 0.4) is 0 Å². The molecule has 0 bridgehead atoms. The minimum absolute atomic E-state index is 0.0881. The maximum absolute atomic E-state index is 14.1. The second kappa shape index (κ2) is 9.80. The number of allylic oxidation sites excluding steroid dienone is 2. The molecule has 1 saturated carbocycles. The summed E-state index contributed by atoms with van der Waals surface area (Å²) in [5.74, 6) is 1.25. The minimum atomic E-state index is -3.41. The average Bonchev–Trinajstić information content (AvgIpc) is 2.72. The topological polar surface area (TPSA) is 35.5 Å². The highest BCUT2D eigenvalue weighted by Crippen LogP contribution is 2.57. The zero-order valence-corrected chi connectivity index (χ0v) is 17.3. The van der Waals surface area contributed by atoms with E-state index in [1.165, 1.54) is 6.42 Å². The molecule has 2 aromatic carbocycles. The van der Waals surface area contributed by atoms with Crippen LogP contribution in [-0.2, 0) is 17.4 Å². The van der Waals surface area contributed by atoms with Gasteiger partial charge in [0.2, 0.25) is 0 Å². The molecule has 0 aromatic heterocycles. The van der Waals surface area contributed by atoms with Crippen LogP contribution in [0.2, 0.25) is 0 Å². The van der Waals surface area contributed by atoms with E-state index in [0.29, 0.717) is 24.3 Å². The lowest BCUT2D eigenvalue weighted by Gasteiger charge is -2.31. The molecule has 0 unspecified atom stereocenters. The van der Waals surface area contributed by atoms with Crippen LogP contribution in [0.15, 0.2) is 73.8 Å². The van der Waals surface area contributed by atoms with Gasteiger partial charge in [-0.2, -0.15) is 0 Å². The first kappa shape index (κ1) is 20.5. The van der Waals surface area contributed by atoms with Crippen LogP contribution in [0, 0.1) is 0 Å². The third-order valence-electron chi connectivity index (χ3n) is 5.15. The first-order valence-electron chi connectivity index (χ1n) is 10.0. The fourth-order valence-corrected chi connectivity index (χ4v) is 5.91. The molecule has 1 aliphatic rings. The molecule has 4 heteroatoms. The van der Waals surface area contributed by atoms with Gasteiger partial charge in [-0.05, 0) is 48.9 Å². The molecular formula is C24H29O3P. The first-order valence-corrected chi connectivity index (χ1v) is 11.6. The summed E-state index contributed by atoms with van der Waals surface area (Å²) in [6.45, 7) is 7.64. The number of hydrogen-bond acceptors (Lipinski definition) is 3. The Morgan fingerprint density at radius 2 is 1.29 bits per heavy atom.